The summed E-state index contributed by atoms with van der Waals surface area (Å²) in [6.07, 6.45) is 2.29. The number of nitrogens with two attached hydrogens (primary N) is 1. The predicted octanol–water partition coefficient (Wildman–Crippen LogP) is 4.47. The number of ether oxygens (including phenoxy) is 1. The van der Waals surface area contributed by atoms with Crippen molar-refractivity contribution in [1.29, 1.82) is 0 Å². The molecule has 0 saturated carbocycles. The number of hydrogen-bond acceptors (Lipinski definition) is 7. The van der Waals surface area contributed by atoms with Crippen LogP contribution in [0.2, 0.25) is 5.02 Å². The third-order valence-corrected chi connectivity index (χ3v) is 6.53. The average molecular weight is 482 g/mol. The van der Waals surface area contributed by atoms with E-state index in [1.54, 1.807) is 0 Å². The van der Waals surface area contributed by atoms with E-state index in [1.165, 1.54) is 36.4 Å². The fraction of sp³-hybridized carbons (Fsp3) is 0.320. The zero-order valence-corrected chi connectivity index (χ0v) is 20.2. The van der Waals surface area contributed by atoms with Gasteiger partial charge in [0.2, 0.25) is 11.8 Å². The van der Waals surface area contributed by atoms with E-state index >= 15 is 0 Å². The largest absolute Gasteiger partial charge is 0.508 e. The molecule has 0 aliphatic carbocycles. The van der Waals surface area contributed by atoms with Crippen molar-refractivity contribution in [3.8, 4) is 22.9 Å². The Bertz CT molecular complexity index is 1230. The number of rotatable bonds is 6. The molecule has 0 atom stereocenters. The first-order valence-corrected chi connectivity index (χ1v) is 11.5. The number of carbonyl (C=O) groups is 1. The zero-order chi connectivity index (χ0) is 24.4. The molecule has 1 aromatic heterocycles. The Morgan fingerprint density at radius 3 is 2.59 bits per heavy atom. The number of nitrogens with one attached hydrogen (secondary N) is 1. The van der Waals surface area contributed by atoms with Gasteiger partial charge in [0.15, 0.2) is 0 Å². The van der Waals surface area contributed by atoms with Gasteiger partial charge < -0.3 is 25.8 Å². The molecule has 4 rings (SSSR count). The van der Waals surface area contributed by atoms with Gasteiger partial charge in [-0.3, -0.25) is 4.79 Å². The molecule has 2 heterocycles. The van der Waals surface area contributed by atoms with Crippen molar-refractivity contribution in [2.24, 2.45) is 5.73 Å². The van der Waals surface area contributed by atoms with E-state index in [0.717, 1.165) is 31.6 Å². The maximum absolute atomic E-state index is 12.2. The lowest BCUT2D eigenvalue weighted by molar-refractivity contribution is 0.0997. The summed E-state index contributed by atoms with van der Waals surface area (Å²) in [6.45, 7) is 4.31. The van der Waals surface area contributed by atoms with Crippen LogP contribution < -0.4 is 15.8 Å². The number of primary amides is 1. The molecule has 8 nitrogen and oxygen atoms in total. The Hall–Kier alpha value is -3.36. The third kappa shape index (κ3) is 4.93. The molecule has 4 N–H and O–H groups in total. The summed E-state index contributed by atoms with van der Waals surface area (Å²) in [5.41, 5.74) is 9.45. The van der Waals surface area contributed by atoms with E-state index in [-0.39, 0.29) is 28.8 Å². The molecule has 0 radical (unpaired) electrons. The second kappa shape index (κ2) is 9.87. The van der Waals surface area contributed by atoms with Crippen LogP contribution in [0.5, 0.6) is 11.6 Å². The smallest absolute Gasteiger partial charge is 0.256 e. The molecule has 0 spiro atoms. The number of nitrogens with zero attached hydrogens (tertiary/aromatic N) is 3. The molecule has 1 saturated heterocycles. The first-order valence-electron chi connectivity index (χ1n) is 11.1. The second-order valence-corrected chi connectivity index (χ2v) is 8.99. The topological polar surface area (TPSA) is 114 Å². The molecular weight excluding hydrogens is 454 g/mol. The number of aromatic hydroxyl groups is 1. The molecule has 1 amide bonds. The SMILES string of the molecule is COc1nc(Nc2ccc(C3CCN(C)CC3)c(C)c2)nc(-c2cc(O)ccc2Cl)c1C(N)=O. The number of halogens is 1. The van der Waals surface area contributed by atoms with Crippen molar-refractivity contribution in [2.75, 3.05) is 32.6 Å². The Morgan fingerprint density at radius 1 is 1.21 bits per heavy atom. The van der Waals surface area contributed by atoms with Crippen molar-refractivity contribution in [3.05, 3.63) is 58.1 Å². The van der Waals surface area contributed by atoms with Crippen molar-refractivity contribution in [1.82, 2.24) is 14.9 Å². The van der Waals surface area contributed by atoms with Crippen LogP contribution in [-0.2, 0) is 0 Å². The highest BCUT2D eigenvalue weighted by Crippen LogP contribution is 2.36. The monoisotopic (exact) mass is 481 g/mol. The number of phenolic OH excluding ortho intramolecular Hbond substituents is 1. The van der Waals surface area contributed by atoms with Gasteiger partial charge in [-0.05, 0) is 87.3 Å². The van der Waals surface area contributed by atoms with E-state index in [9.17, 15) is 9.90 Å². The van der Waals surface area contributed by atoms with Crippen LogP contribution in [0.4, 0.5) is 11.6 Å². The fourth-order valence-electron chi connectivity index (χ4n) is 4.42. The van der Waals surface area contributed by atoms with Crippen LogP contribution in [0.15, 0.2) is 36.4 Å². The van der Waals surface area contributed by atoms with Crippen molar-refractivity contribution in [2.45, 2.75) is 25.7 Å². The fourth-order valence-corrected chi connectivity index (χ4v) is 4.62. The second-order valence-electron chi connectivity index (χ2n) is 8.58. The van der Waals surface area contributed by atoms with Gasteiger partial charge >= 0.3 is 0 Å². The van der Waals surface area contributed by atoms with E-state index < -0.39 is 5.91 Å². The highest BCUT2D eigenvalue weighted by Gasteiger charge is 2.24. The normalized spacial score (nSPS) is 14.7. The number of hydrogen-bond donors (Lipinski definition) is 3. The van der Waals surface area contributed by atoms with Gasteiger partial charge in [-0.1, -0.05) is 17.7 Å². The number of methoxy groups -OCH3 is 1. The van der Waals surface area contributed by atoms with Crippen molar-refractivity contribution < 1.29 is 14.6 Å². The first-order chi connectivity index (χ1) is 16.3. The van der Waals surface area contributed by atoms with Gasteiger partial charge in [0.25, 0.3) is 5.91 Å². The van der Waals surface area contributed by atoms with Gasteiger partial charge in [-0.25, -0.2) is 4.98 Å². The van der Waals surface area contributed by atoms with Crippen LogP contribution in [0.1, 0.15) is 40.2 Å². The van der Waals surface area contributed by atoms with Crippen LogP contribution in [-0.4, -0.2) is 53.1 Å². The van der Waals surface area contributed by atoms with Crippen LogP contribution in [0, 0.1) is 6.92 Å². The highest BCUT2D eigenvalue weighted by atomic mass is 35.5. The molecule has 1 fully saturated rings. The summed E-state index contributed by atoms with van der Waals surface area (Å²) in [6, 6.07) is 10.6. The Labute approximate surface area is 203 Å². The first kappa shape index (κ1) is 23.8. The molecule has 3 aromatic rings. The van der Waals surface area contributed by atoms with Crippen molar-refractivity contribution >= 4 is 29.1 Å². The highest BCUT2D eigenvalue weighted by molar-refractivity contribution is 6.33. The molecule has 1 aliphatic rings. The summed E-state index contributed by atoms with van der Waals surface area (Å²) < 4.78 is 5.35. The molecule has 2 aromatic carbocycles. The quantitative estimate of drug-likeness (QED) is 0.476. The molecule has 178 valence electrons. The van der Waals surface area contributed by atoms with Gasteiger partial charge in [-0.15, -0.1) is 0 Å². The Morgan fingerprint density at radius 2 is 1.94 bits per heavy atom. The van der Waals surface area contributed by atoms with Gasteiger partial charge in [0.05, 0.1) is 17.8 Å². The minimum absolute atomic E-state index is 0.0130. The minimum Gasteiger partial charge on any atom is -0.508 e. The number of piperidine rings is 1. The summed E-state index contributed by atoms with van der Waals surface area (Å²) >= 11 is 6.35. The summed E-state index contributed by atoms with van der Waals surface area (Å²) in [5.74, 6) is -0.0177. The van der Waals surface area contributed by atoms with Gasteiger partial charge in [0.1, 0.15) is 11.3 Å². The number of amides is 1. The number of aryl methyl sites for hydroxylation is 1. The molecule has 0 bridgehead atoms. The molecule has 1 aliphatic heterocycles. The molecular formula is C25H28ClN5O3. The summed E-state index contributed by atoms with van der Waals surface area (Å²) in [7, 11) is 3.55. The van der Waals surface area contributed by atoms with Gasteiger partial charge in [0, 0.05) is 11.3 Å². The number of aromatic nitrogens is 2. The van der Waals surface area contributed by atoms with E-state index in [2.05, 4.69) is 46.3 Å². The minimum atomic E-state index is -0.767. The lowest BCUT2D eigenvalue weighted by Crippen LogP contribution is -2.29. The zero-order valence-electron chi connectivity index (χ0n) is 19.4. The van der Waals surface area contributed by atoms with E-state index in [4.69, 9.17) is 22.1 Å². The lowest BCUT2D eigenvalue weighted by atomic mass is 9.87. The maximum Gasteiger partial charge on any atom is 0.256 e. The Balaban J connectivity index is 1.70. The van der Waals surface area contributed by atoms with Crippen molar-refractivity contribution in [3.63, 3.8) is 0 Å². The predicted molar refractivity (Wildman–Crippen MR) is 133 cm³/mol. The molecule has 0 unspecified atom stereocenters. The maximum atomic E-state index is 12.2. The van der Waals surface area contributed by atoms with Gasteiger partial charge in [-0.2, -0.15) is 4.98 Å². The number of likely N-dealkylation sites (tertiary alicyclic amines) is 1. The third-order valence-electron chi connectivity index (χ3n) is 6.20. The summed E-state index contributed by atoms with van der Waals surface area (Å²) in [4.78, 5) is 23.4. The number of anilines is 2. The van der Waals surface area contributed by atoms with E-state index in [0.29, 0.717) is 16.5 Å². The Kier molecular flexibility index (Phi) is 6.90. The number of carbonyl (C=O) groups excluding carboxylic acids is 1. The molecule has 34 heavy (non-hydrogen) atoms. The lowest BCUT2D eigenvalue weighted by Gasteiger charge is -2.30. The number of phenols is 1. The average Bonchev–Trinajstić information content (AvgIpc) is 2.80. The number of benzene rings is 2. The van der Waals surface area contributed by atoms with E-state index in [1.807, 2.05) is 6.07 Å². The van der Waals surface area contributed by atoms with Crippen LogP contribution in [0.3, 0.4) is 0 Å². The van der Waals surface area contributed by atoms with Crippen LogP contribution in [0.25, 0.3) is 11.3 Å². The molecule has 9 heteroatoms. The standard InChI is InChI=1S/C25H28ClN5O3/c1-14-12-16(4-6-18(14)15-8-10-31(2)11-9-15)28-25-29-22(19-13-17(32)5-7-20(19)26)21(23(27)33)24(30-25)34-3/h4-7,12-13,15,32H,8-11H2,1-3H3,(H2,27,33)(H,28,29,30). The summed E-state index contributed by atoms with van der Waals surface area (Å²) in [5, 5.41) is 13.5. The van der Waals surface area contributed by atoms with Crippen LogP contribution >= 0.6 is 11.6 Å².